The summed E-state index contributed by atoms with van der Waals surface area (Å²) in [6, 6.07) is 14.3. The number of aromatic hydroxyl groups is 1. The number of phenols is 1. The van der Waals surface area contributed by atoms with Crippen LogP contribution in [0.1, 0.15) is 11.1 Å². The van der Waals surface area contributed by atoms with Crippen LogP contribution in [0.4, 0.5) is 5.69 Å². The normalized spacial score (nSPS) is 10.5. The second kappa shape index (κ2) is 7.09. The number of aryl methyl sites for hydroxylation is 1. The molecule has 3 N–H and O–H groups in total. The Morgan fingerprint density at radius 1 is 1.19 bits per heavy atom. The number of hydrogen-bond donors (Lipinski definition) is 3. The summed E-state index contributed by atoms with van der Waals surface area (Å²) in [5.41, 5.74) is 5.24. The van der Waals surface area contributed by atoms with Gasteiger partial charge in [0.15, 0.2) is 0 Å². The van der Waals surface area contributed by atoms with E-state index in [1.165, 1.54) is 6.21 Å². The Hall–Kier alpha value is -2.82. The number of rotatable bonds is 5. The number of carbonyl (C=O) groups excluding carboxylic acids is 1. The molecule has 21 heavy (non-hydrogen) atoms. The topological polar surface area (TPSA) is 73.7 Å². The zero-order valence-electron chi connectivity index (χ0n) is 11.7. The minimum absolute atomic E-state index is 0.151. The number of hydrazone groups is 1. The summed E-state index contributed by atoms with van der Waals surface area (Å²) in [5, 5.41) is 16.1. The molecule has 0 fully saturated rings. The number of hydrogen-bond acceptors (Lipinski definition) is 4. The van der Waals surface area contributed by atoms with Crippen LogP contribution in [-0.2, 0) is 4.79 Å². The highest BCUT2D eigenvalue weighted by atomic mass is 16.3. The van der Waals surface area contributed by atoms with E-state index in [2.05, 4.69) is 15.8 Å². The molecule has 2 aromatic rings. The van der Waals surface area contributed by atoms with Crippen molar-refractivity contribution in [1.29, 1.82) is 0 Å². The highest BCUT2D eigenvalue weighted by molar-refractivity contribution is 5.84. The molecule has 5 nitrogen and oxygen atoms in total. The summed E-state index contributed by atoms with van der Waals surface area (Å²) in [5.74, 6) is -0.0353. The third kappa shape index (κ3) is 4.65. The van der Waals surface area contributed by atoms with Crippen molar-refractivity contribution in [2.45, 2.75) is 6.92 Å². The van der Waals surface area contributed by atoms with E-state index >= 15 is 0 Å². The molecule has 108 valence electrons. The summed E-state index contributed by atoms with van der Waals surface area (Å²) in [4.78, 5) is 11.6. The lowest BCUT2D eigenvalue weighted by Gasteiger charge is -2.07. The van der Waals surface area contributed by atoms with E-state index in [-0.39, 0.29) is 18.2 Å². The molecule has 5 heteroatoms. The second-order valence-corrected chi connectivity index (χ2v) is 4.55. The molecule has 2 rings (SSSR count). The number of anilines is 1. The lowest BCUT2D eigenvalue weighted by Crippen LogP contribution is -2.26. The van der Waals surface area contributed by atoms with Gasteiger partial charge >= 0.3 is 0 Å². The van der Waals surface area contributed by atoms with Crippen molar-refractivity contribution >= 4 is 17.8 Å². The number of carbonyl (C=O) groups is 1. The van der Waals surface area contributed by atoms with Gasteiger partial charge in [-0.15, -0.1) is 0 Å². The fourth-order valence-corrected chi connectivity index (χ4v) is 1.73. The number of amides is 1. The monoisotopic (exact) mass is 283 g/mol. The van der Waals surface area contributed by atoms with Gasteiger partial charge in [0.1, 0.15) is 5.75 Å². The van der Waals surface area contributed by atoms with Crippen LogP contribution >= 0.6 is 0 Å². The molecule has 0 atom stereocenters. The van der Waals surface area contributed by atoms with Crippen molar-refractivity contribution < 1.29 is 9.90 Å². The largest absolute Gasteiger partial charge is 0.508 e. The van der Waals surface area contributed by atoms with Gasteiger partial charge in [0, 0.05) is 5.69 Å². The number of benzene rings is 2. The lowest BCUT2D eigenvalue weighted by atomic mass is 10.2. The summed E-state index contributed by atoms with van der Waals surface area (Å²) < 4.78 is 0. The third-order valence-corrected chi connectivity index (χ3v) is 2.88. The van der Waals surface area contributed by atoms with E-state index in [0.717, 1.165) is 16.8 Å². The minimum atomic E-state index is -0.228. The van der Waals surface area contributed by atoms with E-state index in [1.54, 1.807) is 24.3 Å². The van der Waals surface area contributed by atoms with Crippen molar-refractivity contribution in [2.75, 3.05) is 11.9 Å². The molecule has 0 saturated carbocycles. The summed E-state index contributed by atoms with van der Waals surface area (Å²) in [6.07, 6.45) is 1.52. The standard InChI is InChI=1S/C16H17N3O2/c1-12-4-2-3-5-15(12)17-11-16(21)19-18-10-13-6-8-14(20)9-7-13/h2-10,17,20H,11H2,1H3,(H,19,21). The Balaban J connectivity index is 1.80. The number of nitrogens with zero attached hydrogens (tertiary/aromatic N) is 1. The fourth-order valence-electron chi connectivity index (χ4n) is 1.73. The first-order chi connectivity index (χ1) is 10.1. The van der Waals surface area contributed by atoms with E-state index in [9.17, 15) is 4.79 Å². The van der Waals surface area contributed by atoms with Crippen LogP contribution in [0.3, 0.4) is 0 Å². The number of nitrogens with one attached hydrogen (secondary N) is 2. The summed E-state index contributed by atoms with van der Waals surface area (Å²) in [6.45, 7) is 2.13. The number of para-hydroxylation sites is 1. The summed E-state index contributed by atoms with van der Waals surface area (Å²) in [7, 11) is 0. The maximum absolute atomic E-state index is 11.6. The molecule has 0 spiro atoms. The maximum Gasteiger partial charge on any atom is 0.259 e. The Labute approximate surface area is 123 Å². The first-order valence-electron chi connectivity index (χ1n) is 6.55. The van der Waals surface area contributed by atoms with Gasteiger partial charge in [-0.3, -0.25) is 4.79 Å². The van der Waals surface area contributed by atoms with E-state index in [1.807, 2.05) is 31.2 Å². The lowest BCUT2D eigenvalue weighted by molar-refractivity contribution is -0.119. The Morgan fingerprint density at radius 3 is 2.62 bits per heavy atom. The Bertz CT molecular complexity index is 636. The minimum Gasteiger partial charge on any atom is -0.508 e. The maximum atomic E-state index is 11.6. The van der Waals surface area contributed by atoms with Crippen LogP contribution in [0.2, 0.25) is 0 Å². The van der Waals surface area contributed by atoms with Crippen molar-refractivity contribution in [2.24, 2.45) is 5.10 Å². The molecule has 0 bridgehead atoms. The molecule has 0 aliphatic heterocycles. The van der Waals surface area contributed by atoms with Gasteiger partial charge in [0.05, 0.1) is 12.8 Å². The zero-order valence-corrected chi connectivity index (χ0v) is 11.7. The average molecular weight is 283 g/mol. The van der Waals surface area contributed by atoms with Gasteiger partial charge < -0.3 is 10.4 Å². The SMILES string of the molecule is Cc1ccccc1NCC(=O)NN=Cc1ccc(O)cc1. The van der Waals surface area contributed by atoms with E-state index in [4.69, 9.17) is 5.11 Å². The Kier molecular flexibility index (Phi) is 4.93. The van der Waals surface area contributed by atoms with Crippen molar-refractivity contribution in [1.82, 2.24) is 5.43 Å². The van der Waals surface area contributed by atoms with E-state index in [0.29, 0.717) is 0 Å². The summed E-state index contributed by atoms with van der Waals surface area (Å²) >= 11 is 0. The number of phenolic OH excluding ortho intramolecular Hbond substituents is 1. The van der Waals surface area contributed by atoms with Gasteiger partial charge in [-0.2, -0.15) is 5.10 Å². The smallest absolute Gasteiger partial charge is 0.259 e. The van der Waals surface area contributed by atoms with Gasteiger partial charge in [-0.05, 0) is 48.4 Å². The predicted octanol–water partition coefficient (Wildman–Crippen LogP) is 2.26. The molecule has 2 aromatic carbocycles. The first kappa shape index (κ1) is 14.6. The molecule has 0 unspecified atom stereocenters. The Morgan fingerprint density at radius 2 is 1.90 bits per heavy atom. The third-order valence-electron chi connectivity index (χ3n) is 2.88. The van der Waals surface area contributed by atoms with E-state index < -0.39 is 0 Å². The highest BCUT2D eigenvalue weighted by Crippen LogP contribution is 2.12. The van der Waals surface area contributed by atoms with Crippen LogP contribution in [0.5, 0.6) is 5.75 Å². The first-order valence-corrected chi connectivity index (χ1v) is 6.55. The molecule has 0 aliphatic rings. The fraction of sp³-hybridized carbons (Fsp3) is 0.125. The second-order valence-electron chi connectivity index (χ2n) is 4.55. The van der Waals surface area contributed by atoms with Crippen LogP contribution in [-0.4, -0.2) is 23.8 Å². The van der Waals surface area contributed by atoms with Crippen molar-refractivity contribution in [3.63, 3.8) is 0 Å². The average Bonchev–Trinajstić information content (AvgIpc) is 2.48. The molecule has 0 radical (unpaired) electrons. The van der Waals surface area contributed by atoms with Crippen LogP contribution in [0, 0.1) is 6.92 Å². The highest BCUT2D eigenvalue weighted by Gasteiger charge is 2.00. The van der Waals surface area contributed by atoms with Crippen molar-refractivity contribution in [3.05, 3.63) is 59.7 Å². The zero-order chi connectivity index (χ0) is 15.1. The van der Waals surface area contributed by atoms with Crippen molar-refractivity contribution in [3.8, 4) is 5.75 Å². The van der Waals surface area contributed by atoms with Gasteiger partial charge in [-0.1, -0.05) is 18.2 Å². The predicted molar refractivity (Wildman–Crippen MR) is 83.5 cm³/mol. The van der Waals surface area contributed by atoms with Crippen LogP contribution < -0.4 is 10.7 Å². The van der Waals surface area contributed by atoms with Gasteiger partial charge in [0.25, 0.3) is 5.91 Å². The van der Waals surface area contributed by atoms with Crippen LogP contribution in [0.25, 0.3) is 0 Å². The molecule has 0 aliphatic carbocycles. The molecule has 0 heterocycles. The molecular weight excluding hydrogens is 266 g/mol. The van der Waals surface area contributed by atoms with Gasteiger partial charge in [0.2, 0.25) is 0 Å². The van der Waals surface area contributed by atoms with Crippen LogP contribution in [0.15, 0.2) is 53.6 Å². The van der Waals surface area contributed by atoms with Gasteiger partial charge in [-0.25, -0.2) is 5.43 Å². The molecule has 1 amide bonds. The quantitative estimate of drug-likeness (QED) is 0.582. The molecular formula is C16H17N3O2. The molecule has 0 aromatic heterocycles. The molecule has 0 saturated heterocycles.